The minimum absolute atomic E-state index is 0.0436. The summed E-state index contributed by atoms with van der Waals surface area (Å²) >= 11 is 0. The Morgan fingerprint density at radius 1 is 1.10 bits per heavy atom. The summed E-state index contributed by atoms with van der Waals surface area (Å²) in [5, 5.41) is 14.7. The fraction of sp³-hybridized carbons (Fsp3) is 0.767. The number of sulfonamides is 1. The lowest BCUT2D eigenvalue weighted by Gasteiger charge is -2.58. The van der Waals surface area contributed by atoms with E-state index in [0.717, 1.165) is 37.0 Å². The van der Waals surface area contributed by atoms with Crippen LogP contribution in [0, 0.1) is 29.1 Å². The van der Waals surface area contributed by atoms with Crippen molar-refractivity contribution >= 4 is 16.1 Å². The molecule has 4 saturated carbocycles. The summed E-state index contributed by atoms with van der Waals surface area (Å²) < 4.78 is 45.0. The number of carbonyl (C=O) groups excluding carboxylic acids is 1. The number of nitrogens with zero attached hydrogens (tertiary/aromatic N) is 1. The summed E-state index contributed by atoms with van der Waals surface area (Å²) in [6.07, 6.45) is 6.57. The lowest BCUT2D eigenvalue weighted by molar-refractivity contribution is -0.0699. The Bertz CT molecular complexity index is 1080. The Kier molecular flexibility index (Phi) is 9.00. The number of nitrogens with one attached hydrogen (secondary N) is 1. The molecule has 224 valence electrons. The van der Waals surface area contributed by atoms with Crippen molar-refractivity contribution in [2.24, 2.45) is 29.1 Å². The van der Waals surface area contributed by atoms with E-state index in [9.17, 15) is 18.3 Å². The number of hydrogen-bond donors (Lipinski definition) is 2. The van der Waals surface area contributed by atoms with Crippen molar-refractivity contribution in [3.63, 3.8) is 0 Å². The standard InChI is InChI=1S/C30H46N2O7S/c1-20(2)17-32(40(35,36)26-6-4-24(37-3)5-7-26)18-28(33)27(31-29(34)39-25-8-9-38-19-25)16-30-13-21-10-22(14-30)12-23(11-21)15-30/h4-7,20-23,25,27-28,33H,8-19H2,1-3H3,(H,31,34)/t21?,22?,23?,25-,27-,28+,30?/m0/s1. The predicted octanol–water partition coefficient (Wildman–Crippen LogP) is 4.19. The van der Waals surface area contributed by atoms with Gasteiger partial charge < -0.3 is 24.6 Å². The van der Waals surface area contributed by atoms with Gasteiger partial charge in [0.25, 0.3) is 0 Å². The van der Waals surface area contributed by atoms with Crippen molar-refractivity contribution < 1.29 is 32.5 Å². The monoisotopic (exact) mass is 578 g/mol. The second-order valence-corrected chi connectivity index (χ2v) is 15.2. The van der Waals surface area contributed by atoms with Crippen LogP contribution in [0.4, 0.5) is 4.79 Å². The number of aliphatic hydroxyl groups is 1. The van der Waals surface area contributed by atoms with E-state index in [1.165, 1.54) is 42.8 Å². The van der Waals surface area contributed by atoms with Crippen LogP contribution in [0.1, 0.15) is 65.2 Å². The highest BCUT2D eigenvalue weighted by atomic mass is 32.2. The molecule has 3 atom stereocenters. The first-order chi connectivity index (χ1) is 19.0. The van der Waals surface area contributed by atoms with Crippen LogP contribution in [0.3, 0.4) is 0 Å². The minimum Gasteiger partial charge on any atom is -0.497 e. The summed E-state index contributed by atoms with van der Waals surface area (Å²) in [6, 6.07) is 5.68. The van der Waals surface area contributed by atoms with Crippen LogP contribution in [0.15, 0.2) is 29.2 Å². The summed E-state index contributed by atoms with van der Waals surface area (Å²) in [4.78, 5) is 13.1. The molecule has 0 spiro atoms. The predicted molar refractivity (Wildman–Crippen MR) is 150 cm³/mol. The fourth-order valence-electron chi connectivity index (χ4n) is 8.14. The quantitative estimate of drug-likeness (QED) is 0.382. The molecule has 1 heterocycles. The van der Waals surface area contributed by atoms with Crippen LogP contribution in [0.2, 0.25) is 0 Å². The van der Waals surface area contributed by atoms with Gasteiger partial charge in [-0.3, -0.25) is 0 Å². The first-order valence-corrected chi connectivity index (χ1v) is 16.4. The molecule has 10 heteroatoms. The molecule has 1 aromatic carbocycles. The van der Waals surface area contributed by atoms with Crippen LogP contribution in [0.25, 0.3) is 0 Å². The van der Waals surface area contributed by atoms with E-state index < -0.39 is 28.3 Å². The molecule has 5 aliphatic rings. The number of alkyl carbamates (subject to hydrolysis) is 1. The maximum Gasteiger partial charge on any atom is 0.407 e. The van der Waals surface area contributed by atoms with Gasteiger partial charge in [0.15, 0.2) is 0 Å². The summed E-state index contributed by atoms with van der Waals surface area (Å²) in [7, 11) is -2.36. The van der Waals surface area contributed by atoms with Gasteiger partial charge in [0, 0.05) is 19.5 Å². The Labute approximate surface area is 239 Å². The van der Waals surface area contributed by atoms with Crippen LogP contribution in [0.5, 0.6) is 5.75 Å². The number of benzene rings is 1. The third kappa shape index (κ3) is 6.77. The fourth-order valence-corrected chi connectivity index (χ4v) is 9.76. The third-order valence-electron chi connectivity index (χ3n) is 9.40. The van der Waals surface area contributed by atoms with Gasteiger partial charge in [-0.2, -0.15) is 4.31 Å². The lowest BCUT2D eigenvalue weighted by atomic mass is 9.48. The van der Waals surface area contributed by atoms with Crippen molar-refractivity contribution in [3.8, 4) is 5.75 Å². The van der Waals surface area contributed by atoms with Gasteiger partial charge in [0.2, 0.25) is 10.0 Å². The number of amides is 1. The Balaban J connectivity index is 1.36. The molecular formula is C30H46N2O7S. The molecular weight excluding hydrogens is 532 g/mol. The van der Waals surface area contributed by atoms with E-state index in [1.54, 1.807) is 12.1 Å². The number of ether oxygens (including phenoxy) is 3. The second kappa shape index (κ2) is 12.2. The smallest absolute Gasteiger partial charge is 0.407 e. The van der Waals surface area contributed by atoms with E-state index in [0.29, 0.717) is 31.8 Å². The van der Waals surface area contributed by atoms with Gasteiger partial charge in [-0.1, -0.05) is 13.8 Å². The molecule has 5 fully saturated rings. The zero-order chi connectivity index (χ0) is 28.5. The number of carbonyl (C=O) groups is 1. The van der Waals surface area contributed by atoms with Crippen LogP contribution < -0.4 is 10.1 Å². The summed E-state index contributed by atoms with van der Waals surface area (Å²) in [6.45, 7) is 4.97. The van der Waals surface area contributed by atoms with Crippen molar-refractivity contribution in [2.45, 2.75) is 88.4 Å². The SMILES string of the molecule is COc1ccc(S(=O)(=O)N(CC(C)C)C[C@@H](O)[C@H](CC23CC4CC(CC(C4)C2)C3)NC(=O)O[C@H]2CCOC2)cc1. The van der Waals surface area contributed by atoms with E-state index >= 15 is 0 Å². The molecule has 0 aromatic heterocycles. The van der Waals surface area contributed by atoms with E-state index in [4.69, 9.17) is 14.2 Å². The zero-order valence-electron chi connectivity index (χ0n) is 24.1. The van der Waals surface area contributed by atoms with E-state index in [-0.39, 0.29) is 35.4 Å². The molecule has 4 bridgehead atoms. The number of aliphatic hydroxyl groups excluding tert-OH is 1. The Morgan fingerprint density at radius 3 is 2.25 bits per heavy atom. The van der Waals surface area contributed by atoms with Gasteiger partial charge in [0.1, 0.15) is 11.9 Å². The molecule has 6 rings (SSSR count). The highest BCUT2D eigenvalue weighted by Gasteiger charge is 2.52. The van der Waals surface area contributed by atoms with Gasteiger partial charge in [0.05, 0.1) is 37.4 Å². The Morgan fingerprint density at radius 2 is 1.73 bits per heavy atom. The van der Waals surface area contributed by atoms with Gasteiger partial charge in [-0.05, 0) is 98.3 Å². The molecule has 1 saturated heterocycles. The van der Waals surface area contributed by atoms with E-state index in [2.05, 4.69) is 5.32 Å². The molecule has 1 amide bonds. The lowest BCUT2D eigenvalue weighted by Crippen LogP contribution is -2.55. The van der Waals surface area contributed by atoms with Crippen LogP contribution >= 0.6 is 0 Å². The number of rotatable bonds is 12. The maximum absolute atomic E-state index is 13.7. The first kappa shape index (κ1) is 29.6. The average molecular weight is 579 g/mol. The molecule has 9 nitrogen and oxygen atoms in total. The van der Waals surface area contributed by atoms with Crippen LogP contribution in [-0.2, 0) is 19.5 Å². The molecule has 40 heavy (non-hydrogen) atoms. The normalized spacial score (nSPS) is 30.9. The van der Waals surface area contributed by atoms with E-state index in [1.807, 2.05) is 13.8 Å². The molecule has 1 aromatic rings. The van der Waals surface area contributed by atoms with Gasteiger partial charge in [-0.25, -0.2) is 13.2 Å². The van der Waals surface area contributed by atoms with Crippen molar-refractivity contribution in [3.05, 3.63) is 24.3 Å². The summed E-state index contributed by atoms with van der Waals surface area (Å²) in [5.41, 5.74) is 0.0713. The molecule has 4 aliphatic carbocycles. The molecule has 0 radical (unpaired) electrons. The number of methoxy groups -OCH3 is 1. The minimum atomic E-state index is -3.89. The highest BCUT2D eigenvalue weighted by Crippen LogP contribution is 2.61. The third-order valence-corrected chi connectivity index (χ3v) is 11.2. The van der Waals surface area contributed by atoms with Gasteiger partial charge in [-0.15, -0.1) is 0 Å². The largest absolute Gasteiger partial charge is 0.497 e. The molecule has 2 N–H and O–H groups in total. The van der Waals surface area contributed by atoms with Gasteiger partial charge >= 0.3 is 6.09 Å². The summed E-state index contributed by atoms with van der Waals surface area (Å²) in [5.74, 6) is 2.78. The van der Waals surface area contributed by atoms with Crippen molar-refractivity contribution in [2.75, 3.05) is 33.4 Å². The average Bonchev–Trinajstić information content (AvgIpc) is 3.39. The second-order valence-electron chi connectivity index (χ2n) is 13.2. The first-order valence-electron chi connectivity index (χ1n) is 14.9. The van der Waals surface area contributed by atoms with Crippen LogP contribution in [-0.4, -0.2) is 75.6 Å². The molecule has 0 unspecified atom stereocenters. The zero-order valence-corrected chi connectivity index (χ0v) is 24.9. The maximum atomic E-state index is 13.7. The number of hydrogen-bond acceptors (Lipinski definition) is 7. The highest BCUT2D eigenvalue weighted by molar-refractivity contribution is 7.89. The topological polar surface area (TPSA) is 114 Å². The van der Waals surface area contributed by atoms with Crippen molar-refractivity contribution in [1.82, 2.24) is 9.62 Å². The Hall–Kier alpha value is -1.88. The molecule has 1 aliphatic heterocycles. The van der Waals surface area contributed by atoms with Crippen molar-refractivity contribution in [1.29, 1.82) is 0 Å².